The average Bonchev–Trinajstić information content (AvgIpc) is 3.33. The number of rotatable bonds is 5. The smallest absolute Gasteiger partial charge is 0.258 e. The fourth-order valence-electron chi connectivity index (χ4n) is 3.45. The van der Waals surface area contributed by atoms with E-state index in [0.29, 0.717) is 11.3 Å². The first-order chi connectivity index (χ1) is 13.5. The molecule has 3 aromatic rings. The predicted molar refractivity (Wildman–Crippen MR) is 106 cm³/mol. The maximum Gasteiger partial charge on any atom is 0.258 e. The van der Waals surface area contributed by atoms with Gasteiger partial charge >= 0.3 is 0 Å². The number of amides is 1. The number of fused-ring (bicyclic) bond motifs is 1. The summed E-state index contributed by atoms with van der Waals surface area (Å²) in [5.41, 5.74) is 2.51. The van der Waals surface area contributed by atoms with Gasteiger partial charge < -0.3 is 9.32 Å². The van der Waals surface area contributed by atoms with Gasteiger partial charge in [0.1, 0.15) is 5.76 Å². The third-order valence-electron chi connectivity index (χ3n) is 4.85. The number of carbonyl (C=O) groups excluding carboxylic acids is 1. The molecule has 1 aromatic heterocycles. The highest BCUT2D eigenvalue weighted by molar-refractivity contribution is 7.89. The maximum absolute atomic E-state index is 13.0. The lowest BCUT2D eigenvalue weighted by Crippen LogP contribution is -2.35. The highest BCUT2D eigenvalue weighted by Gasteiger charge is 2.31. The van der Waals surface area contributed by atoms with Crippen LogP contribution in [0.2, 0.25) is 0 Å². The standard InChI is InChI=1S/C21H20N2O4S/c1-15-13-17-5-2-3-7-20(17)23(15)21(24)16-8-10-19(11-9-16)28(25,26)22-14-18-6-4-12-27-18/h2-12,15,22H,13-14H2,1H3. The zero-order valence-electron chi connectivity index (χ0n) is 15.3. The monoisotopic (exact) mass is 396 g/mol. The van der Waals surface area contributed by atoms with E-state index in [9.17, 15) is 13.2 Å². The summed E-state index contributed by atoms with van der Waals surface area (Å²) < 4.78 is 32.5. The summed E-state index contributed by atoms with van der Waals surface area (Å²) >= 11 is 0. The molecule has 0 saturated heterocycles. The number of benzene rings is 2. The van der Waals surface area contributed by atoms with Crippen molar-refractivity contribution in [2.45, 2.75) is 30.8 Å². The van der Waals surface area contributed by atoms with Crippen LogP contribution in [0.15, 0.2) is 76.2 Å². The number of hydrogen-bond acceptors (Lipinski definition) is 4. The zero-order chi connectivity index (χ0) is 19.7. The van der Waals surface area contributed by atoms with Crippen LogP contribution in [0.4, 0.5) is 5.69 Å². The van der Waals surface area contributed by atoms with E-state index in [-0.39, 0.29) is 23.4 Å². The SMILES string of the molecule is CC1Cc2ccccc2N1C(=O)c1ccc(S(=O)(=O)NCc2ccco2)cc1. The van der Waals surface area contributed by atoms with Crippen molar-refractivity contribution in [2.24, 2.45) is 0 Å². The van der Waals surface area contributed by atoms with Crippen molar-refractivity contribution in [1.29, 1.82) is 0 Å². The van der Waals surface area contributed by atoms with Crippen molar-refractivity contribution < 1.29 is 17.6 Å². The molecule has 7 heteroatoms. The first-order valence-corrected chi connectivity index (χ1v) is 10.5. The molecular formula is C21H20N2O4S. The van der Waals surface area contributed by atoms with E-state index >= 15 is 0 Å². The normalized spacial score (nSPS) is 16.2. The van der Waals surface area contributed by atoms with Crippen LogP contribution < -0.4 is 9.62 Å². The quantitative estimate of drug-likeness (QED) is 0.717. The summed E-state index contributed by atoms with van der Waals surface area (Å²) in [6, 6.07) is 17.3. The van der Waals surface area contributed by atoms with Gasteiger partial charge in [-0.3, -0.25) is 4.79 Å². The van der Waals surface area contributed by atoms with Gasteiger partial charge in [0, 0.05) is 17.3 Å². The van der Waals surface area contributed by atoms with Crippen molar-refractivity contribution in [3.63, 3.8) is 0 Å². The third-order valence-corrected chi connectivity index (χ3v) is 6.27. The van der Waals surface area contributed by atoms with Gasteiger partial charge in [0.25, 0.3) is 5.91 Å². The van der Waals surface area contributed by atoms with E-state index in [2.05, 4.69) is 4.72 Å². The summed E-state index contributed by atoms with van der Waals surface area (Å²) in [4.78, 5) is 14.9. The Morgan fingerprint density at radius 2 is 1.86 bits per heavy atom. The molecule has 0 fully saturated rings. The Morgan fingerprint density at radius 3 is 2.57 bits per heavy atom. The van der Waals surface area contributed by atoms with Crippen molar-refractivity contribution >= 4 is 21.6 Å². The predicted octanol–water partition coefficient (Wildman–Crippen LogP) is 3.35. The topological polar surface area (TPSA) is 79.6 Å². The molecule has 0 spiro atoms. The van der Waals surface area contributed by atoms with Gasteiger partial charge in [-0.25, -0.2) is 13.1 Å². The minimum absolute atomic E-state index is 0.0586. The van der Waals surface area contributed by atoms with Gasteiger partial charge in [0.15, 0.2) is 0 Å². The zero-order valence-corrected chi connectivity index (χ0v) is 16.1. The van der Waals surface area contributed by atoms with Crippen LogP contribution in [0.25, 0.3) is 0 Å². The molecule has 28 heavy (non-hydrogen) atoms. The van der Waals surface area contributed by atoms with Crippen molar-refractivity contribution in [3.05, 3.63) is 83.8 Å². The van der Waals surface area contributed by atoms with Gasteiger partial charge in [0.2, 0.25) is 10.0 Å². The Labute approximate surface area is 163 Å². The summed E-state index contributed by atoms with van der Waals surface area (Å²) in [7, 11) is -3.69. The number of nitrogens with one attached hydrogen (secondary N) is 1. The Morgan fingerprint density at radius 1 is 1.11 bits per heavy atom. The molecule has 1 N–H and O–H groups in total. The molecule has 0 aliphatic carbocycles. The van der Waals surface area contributed by atoms with Gasteiger partial charge in [-0.15, -0.1) is 0 Å². The van der Waals surface area contributed by atoms with Crippen molar-refractivity contribution in [3.8, 4) is 0 Å². The van der Waals surface area contributed by atoms with Crippen molar-refractivity contribution in [2.75, 3.05) is 4.90 Å². The number of para-hydroxylation sites is 1. The van der Waals surface area contributed by atoms with Gasteiger partial charge in [-0.2, -0.15) is 0 Å². The molecule has 1 amide bonds. The number of furan rings is 1. The van der Waals surface area contributed by atoms with Crippen LogP contribution in [-0.4, -0.2) is 20.4 Å². The molecule has 1 aliphatic heterocycles. The minimum atomic E-state index is -3.69. The Balaban J connectivity index is 1.52. The minimum Gasteiger partial charge on any atom is -0.468 e. The van der Waals surface area contributed by atoms with Crippen LogP contribution in [0.1, 0.15) is 28.6 Å². The highest BCUT2D eigenvalue weighted by Crippen LogP contribution is 2.33. The van der Waals surface area contributed by atoms with E-state index in [4.69, 9.17) is 4.42 Å². The summed E-state index contributed by atoms with van der Waals surface area (Å²) in [6.45, 7) is 2.08. The molecule has 2 heterocycles. The number of sulfonamides is 1. The van der Waals surface area contributed by atoms with Gasteiger partial charge in [-0.1, -0.05) is 18.2 Å². The van der Waals surface area contributed by atoms with Crippen LogP contribution in [0.3, 0.4) is 0 Å². The fraction of sp³-hybridized carbons (Fsp3) is 0.190. The molecule has 144 valence electrons. The summed E-state index contributed by atoms with van der Waals surface area (Å²) in [5, 5.41) is 0. The molecule has 0 bridgehead atoms. The third kappa shape index (κ3) is 3.46. The lowest BCUT2D eigenvalue weighted by molar-refractivity contribution is 0.0981. The van der Waals surface area contributed by atoms with Gasteiger partial charge in [-0.05, 0) is 61.4 Å². The molecule has 4 rings (SSSR count). The summed E-state index contributed by atoms with van der Waals surface area (Å²) in [5.74, 6) is 0.391. The molecule has 1 unspecified atom stereocenters. The maximum atomic E-state index is 13.0. The van der Waals surface area contributed by atoms with E-state index < -0.39 is 10.0 Å². The first kappa shape index (κ1) is 18.5. The lowest BCUT2D eigenvalue weighted by atomic mass is 10.1. The largest absolute Gasteiger partial charge is 0.468 e. The number of hydrogen-bond donors (Lipinski definition) is 1. The second-order valence-corrected chi connectivity index (χ2v) is 8.55. The molecule has 1 aliphatic rings. The van der Waals surface area contributed by atoms with E-state index in [1.165, 1.54) is 18.4 Å². The lowest BCUT2D eigenvalue weighted by Gasteiger charge is -2.23. The molecule has 1 atom stereocenters. The van der Waals surface area contributed by atoms with E-state index in [0.717, 1.165) is 17.7 Å². The fourth-order valence-corrected chi connectivity index (χ4v) is 4.45. The Bertz CT molecular complexity index is 1090. The van der Waals surface area contributed by atoms with Gasteiger partial charge in [0.05, 0.1) is 17.7 Å². The van der Waals surface area contributed by atoms with Crippen LogP contribution >= 0.6 is 0 Å². The first-order valence-electron chi connectivity index (χ1n) is 8.99. The van der Waals surface area contributed by atoms with E-state index in [1.807, 2.05) is 31.2 Å². The number of carbonyl (C=O) groups is 1. The highest BCUT2D eigenvalue weighted by atomic mass is 32.2. The van der Waals surface area contributed by atoms with Crippen LogP contribution in [0, 0.1) is 0 Å². The second kappa shape index (κ2) is 7.26. The molecule has 2 aromatic carbocycles. The van der Waals surface area contributed by atoms with E-state index in [1.54, 1.807) is 29.2 Å². The van der Waals surface area contributed by atoms with Crippen LogP contribution in [-0.2, 0) is 23.0 Å². The molecular weight excluding hydrogens is 376 g/mol. The average molecular weight is 396 g/mol. The Hall–Kier alpha value is -2.90. The summed E-state index contributed by atoms with van der Waals surface area (Å²) in [6.07, 6.45) is 2.30. The van der Waals surface area contributed by atoms with Crippen molar-refractivity contribution in [1.82, 2.24) is 4.72 Å². The molecule has 0 saturated carbocycles. The second-order valence-electron chi connectivity index (χ2n) is 6.79. The number of anilines is 1. The number of nitrogens with zero attached hydrogens (tertiary/aromatic N) is 1. The molecule has 0 radical (unpaired) electrons. The Kier molecular flexibility index (Phi) is 4.78. The van der Waals surface area contributed by atoms with Crippen LogP contribution in [0.5, 0.6) is 0 Å². The molecule has 6 nitrogen and oxygen atoms in total.